The summed E-state index contributed by atoms with van der Waals surface area (Å²) < 4.78 is 27.5. The van der Waals surface area contributed by atoms with Crippen molar-refractivity contribution in [2.24, 2.45) is 0 Å². The third-order valence-corrected chi connectivity index (χ3v) is 3.37. The van der Waals surface area contributed by atoms with Gasteiger partial charge in [-0.25, -0.2) is 23.1 Å². The number of rotatable bonds is 5. The summed E-state index contributed by atoms with van der Waals surface area (Å²) in [5.74, 6) is 0. The number of nitrogens with one attached hydrogen (secondary N) is 2. The van der Waals surface area contributed by atoms with E-state index in [0.717, 1.165) is 0 Å². The number of nitrogens with zero attached hydrogens (tertiary/aromatic N) is 3. The molecule has 16 heavy (non-hydrogen) atoms. The van der Waals surface area contributed by atoms with Gasteiger partial charge in [-0.15, -0.1) is 0 Å². The van der Waals surface area contributed by atoms with E-state index in [9.17, 15) is 8.42 Å². The van der Waals surface area contributed by atoms with Crippen LogP contribution in [0, 0.1) is 0 Å². The predicted octanol–water partition coefficient (Wildman–Crippen LogP) is -0.415. The monoisotopic (exact) mass is 241 g/mol. The van der Waals surface area contributed by atoms with Gasteiger partial charge in [-0.3, -0.25) is 0 Å². The van der Waals surface area contributed by atoms with Crippen LogP contribution in [0.3, 0.4) is 0 Å². The highest BCUT2D eigenvalue weighted by atomic mass is 32.2. The van der Waals surface area contributed by atoms with Gasteiger partial charge in [-0.05, 0) is 0 Å². The summed E-state index contributed by atoms with van der Waals surface area (Å²) in [7, 11) is -3.47. The van der Waals surface area contributed by atoms with Crippen LogP contribution in [0.5, 0.6) is 0 Å². The van der Waals surface area contributed by atoms with Crippen molar-refractivity contribution in [1.29, 1.82) is 0 Å². The lowest BCUT2D eigenvalue weighted by Crippen LogP contribution is -2.27. The van der Waals surface area contributed by atoms with Crippen molar-refractivity contribution in [3.05, 3.63) is 31.2 Å². The molecule has 86 valence electrons. The van der Waals surface area contributed by atoms with Crippen LogP contribution in [0.4, 0.5) is 0 Å². The van der Waals surface area contributed by atoms with Gasteiger partial charge < -0.3 is 9.55 Å². The lowest BCUT2D eigenvalue weighted by molar-refractivity contribution is 0.570. The molecule has 0 atom stereocenters. The van der Waals surface area contributed by atoms with Gasteiger partial charge in [0.15, 0.2) is 5.03 Å². The molecule has 0 saturated heterocycles. The zero-order chi connectivity index (χ0) is 11.4. The first-order valence-electron chi connectivity index (χ1n) is 4.62. The third-order valence-electron chi connectivity index (χ3n) is 1.98. The molecule has 8 heteroatoms. The van der Waals surface area contributed by atoms with Crippen LogP contribution >= 0.6 is 0 Å². The number of aromatic nitrogens is 4. The quantitative estimate of drug-likeness (QED) is 0.744. The van der Waals surface area contributed by atoms with Crippen molar-refractivity contribution in [2.45, 2.75) is 11.6 Å². The second kappa shape index (κ2) is 4.45. The molecule has 0 fully saturated rings. The third kappa shape index (κ3) is 2.47. The molecule has 2 aromatic heterocycles. The molecule has 0 aliphatic rings. The Bertz CT molecular complexity index is 517. The predicted molar refractivity (Wildman–Crippen MR) is 56.0 cm³/mol. The van der Waals surface area contributed by atoms with Crippen molar-refractivity contribution >= 4 is 10.0 Å². The van der Waals surface area contributed by atoms with E-state index in [4.69, 9.17) is 0 Å². The molecule has 0 bridgehead atoms. The highest BCUT2D eigenvalue weighted by Crippen LogP contribution is 2.01. The number of H-pyrrole nitrogens is 1. The standard InChI is InChI=1S/C8H11N5O2S/c14-16(15,8-5-10-6-11-8)12-2-4-13-3-1-9-7-13/h1,3,5-7,12H,2,4H2,(H,10,11). The fourth-order valence-corrected chi connectivity index (χ4v) is 2.12. The Morgan fingerprint density at radius 1 is 1.44 bits per heavy atom. The molecule has 2 aromatic rings. The smallest absolute Gasteiger partial charge is 0.257 e. The first-order chi connectivity index (χ1) is 7.68. The minimum atomic E-state index is -3.47. The maximum absolute atomic E-state index is 11.6. The van der Waals surface area contributed by atoms with Crippen molar-refractivity contribution in [2.75, 3.05) is 6.54 Å². The molecular formula is C8H11N5O2S. The average Bonchev–Trinajstić information content (AvgIpc) is 2.90. The molecule has 0 amide bonds. The molecule has 0 aromatic carbocycles. The number of hydrogen-bond acceptors (Lipinski definition) is 4. The zero-order valence-electron chi connectivity index (χ0n) is 8.37. The van der Waals surface area contributed by atoms with Gasteiger partial charge in [0.2, 0.25) is 0 Å². The maximum Gasteiger partial charge on any atom is 0.257 e. The molecule has 0 aliphatic carbocycles. The highest BCUT2D eigenvalue weighted by molar-refractivity contribution is 7.89. The van der Waals surface area contributed by atoms with Crippen molar-refractivity contribution in [3.63, 3.8) is 0 Å². The Morgan fingerprint density at radius 3 is 2.94 bits per heavy atom. The lowest BCUT2D eigenvalue weighted by Gasteiger charge is -2.04. The van der Waals surface area contributed by atoms with E-state index < -0.39 is 10.0 Å². The van der Waals surface area contributed by atoms with Gasteiger partial charge in [0.1, 0.15) is 0 Å². The van der Waals surface area contributed by atoms with Crippen molar-refractivity contribution < 1.29 is 8.42 Å². The van der Waals surface area contributed by atoms with Gasteiger partial charge in [0, 0.05) is 25.5 Å². The van der Waals surface area contributed by atoms with E-state index in [2.05, 4.69) is 19.7 Å². The Labute approximate surface area is 92.6 Å². The molecule has 2 N–H and O–H groups in total. The molecule has 0 aliphatic heterocycles. The molecule has 2 heterocycles. The SMILES string of the molecule is O=S(=O)(NCCn1ccnc1)c1cnc[nH]1. The van der Waals surface area contributed by atoms with Crippen molar-refractivity contribution in [3.8, 4) is 0 Å². The Balaban J connectivity index is 1.91. The highest BCUT2D eigenvalue weighted by Gasteiger charge is 2.13. The summed E-state index contributed by atoms with van der Waals surface area (Å²) in [6.07, 6.45) is 7.63. The summed E-state index contributed by atoms with van der Waals surface area (Å²) in [6, 6.07) is 0. The summed E-state index contributed by atoms with van der Waals surface area (Å²) in [5, 5.41) is 0.0677. The van der Waals surface area contributed by atoms with E-state index in [1.165, 1.54) is 12.5 Å². The van der Waals surface area contributed by atoms with Gasteiger partial charge in [0.05, 0.1) is 18.9 Å². The number of imidazole rings is 2. The molecule has 0 saturated carbocycles. The van der Waals surface area contributed by atoms with Gasteiger partial charge in [-0.2, -0.15) is 0 Å². The first-order valence-corrected chi connectivity index (χ1v) is 6.10. The largest absolute Gasteiger partial charge is 0.336 e. The van der Waals surface area contributed by atoms with Gasteiger partial charge in [-0.1, -0.05) is 0 Å². The van der Waals surface area contributed by atoms with Crippen LogP contribution in [0.1, 0.15) is 0 Å². The fraction of sp³-hybridized carbons (Fsp3) is 0.250. The second-order valence-corrected chi connectivity index (χ2v) is 4.85. The molecule has 7 nitrogen and oxygen atoms in total. The maximum atomic E-state index is 11.6. The minimum Gasteiger partial charge on any atom is -0.336 e. The molecular weight excluding hydrogens is 230 g/mol. The number of aromatic amines is 1. The molecule has 2 rings (SSSR count). The topological polar surface area (TPSA) is 92.7 Å². The Kier molecular flexibility index (Phi) is 3.02. The average molecular weight is 241 g/mol. The summed E-state index contributed by atoms with van der Waals surface area (Å²) in [6.45, 7) is 0.838. The van der Waals surface area contributed by atoms with Gasteiger partial charge >= 0.3 is 0 Å². The molecule has 0 radical (unpaired) electrons. The lowest BCUT2D eigenvalue weighted by atomic mass is 10.6. The van der Waals surface area contributed by atoms with Crippen LogP contribution in [0.2, 0.25) is 0 Å². The van der Waals surface area contributed by atoms with Crippen LogP contribution in [0.25, 0.3) is 0 Å². The molecule has 0 spiro atoms. The molecule has 0 unspecified atom stereocenters. The summed E-state index contributed by atoms with van der Waals surface area (Å²) in [4.78, 5) is 10.1. The van der Waals surface area contributed by atoms with E-state index in [1.807, 2.05) is 0 Å². The number of sulfonamides is 1. The van der Waals surface area contributed by atoms with Crippen LogP contribution in [0.15, 0.2) is 36.3 Å². The first kappa shape index (κ1) is 10.8. The second-order valence-electron chi connectivity index (χ2n) is 3.11. The van der Waals surface area contributed by atoms with E-state index in [1.54, 1.807) is 23.3 Å². The minimum absolute atomic E-state index is 0.0677. The van der Waals surface area contributed by atoms with E-state index >= 15 is 0 Å². The summed E-state index contributed by atoms with van der Waals surface area (Å²) >= 11 is 0. The zero-order valence-corrected chi connectivity index (χ0v) is 9.18. The van der Waals surface area contributed by atoms with Gasteiger partial charge in [0.25, 0.3) is 10.0 Å². The van der Waals surface area contributed by atoms with E-state index in [0.29, 0.717) is 13.1 Å². The van der Waals surface area contributed by atoms with Crippen LogP contribution in [-0.4, -0.2) is 34.5 Å². The Hall–Kier alpha value is -1.67. The van der Waals surface area contributed by atoms with Crippen LogP contribution < -0.4 is 4.72 Å². The summed E-state index contributed by atoms with van der Waals surface area (Å²) in [5.41, 5.74) is 0. The normalized spacial score (nSPS) is 11.8. The fourth-order valence-electron chi connectivity index (χ4n) is 1.20. The van der Waals surface area contributed by atoms with Crippen molar-refractivity contribution in [1.82, 2.24) is 24.2 Å². The van der Waals surface area contributed by atoms with Crippen LogP contribution in [-0.2, 0) is 16.6 Å². The number of hydrogen-bond donors (Lipinski definition) is 2. The van der Waals surface area contributed by atoms with E-state index in [-0.39, 0.29) is 5.03 Å². The Morgan fingerprint density at radius 2 is 2.31 bits per heavy atom.